The summed E-state index contributed by atoms with van der Waals surface area (Å²) < 4.78 is 1.15. The van der Waals surface area contributed by atoms with Crippen LogP contribution in [-0.2, 0) is 21.1 Å². The Labute approximate surface area is 231 Å². The minimum absolute atomic E-state index is 0.00815. The lowest BCUT2D eigenvalue weighted by Crippen LogP contribution is -2.28. The van der Waals surface area contributed by atoms with Crippen LogP contribution < -0.4 is 21.2 Å². The van der Waals surface area contributed by atoms with Gasteiger partial charge in [-0.2, -0.15) is 10.1 Å². The SMILES string of the molecule is CNC(=O)C1=NN(c2ccc(C(=O)O)cc2)C(=O)C1=CC=Cc1c(C(=O)NC)[nH]n(-c2ccc(COO)cc2)c1=O. The molecule has 14 heteroatoms. The molecule has 0 spiro atoms. The van der Waals surface area contributed by atoms with E-state index >= 15 is 0 Å². The second-order valence-electron chi connectivity index (χ2n) is 8.50. The number of carbonyl (C=O) groups excluding carboxylic acids is 3. The highest BCUT2D eigenvalue weighted by molar-refractivity contribution is 6.54. The van der Waals surface area contributed by atoms with Crippen LogP contribution in [0.4, 0.5) is 5.69 Å². The van der Waals surface area contributed by atoms with Gasteiger partial charge in [0.15, 0.2) is 5.71 Å². The van der Waals surface area contributed by atoms with E-state index in [4.69, 9.17) is 10.4 Å². The van der Waals surface area contributed by atoms with E-state index in [1.54, 1.807) is 24.3 Å². The first kappa shape index (κ1) is 28.4. The van der Waals surface area contributed by atoms with Crippen molar-refractivity contribution in [3.05, 3.63) is 99.0 Å². The fourth-order valence-electron chi connectivity index (χ4n) is 3.91. The molecule has 0 saturated carbocycles. The highest BCUT2D eigenvalue weighted by atomic mass is 17.1. The summed E-state index contributed by atoms with van der Waals surface area (Å²) in [6, 6.07) is 11.8. The number of carboxylic acids is 1. The van der Waals surface area contributed by atoms with Crippen molar-refractivity contribution in [3.8, 4) is 5.69 Å². The van der Waals surface area contributed by atoms with Gasteiger partial charge >= 0.3 is 5.97 Å². The van der Waals surface area contributed by atoms with Gasteiger partial charge in [-0.3, -0.25) is 29.5 Å². The van der Waals surface area contributed by atoms with Gasteiger partial charge in [0.1, 0.15) is 12.3 Å². The zero-order valence-corrected chi connectivity index (χ0v) is 21.7. The Kier molecular flexibility index (Phi) is 8.36. The monoisotopic (exact) mass is 560 g/mol. The number of benzene rings is 2. The molecule has 3 amide bonds. The number of amides is 3. The normalized spacial score (nSPS) is 14.0. The lowest BCUT2D eigenvalue weighted by molar-refractivity contribution is -0.253. The van der Waals surface area contributed by atoms with E-state index in [-0.39, 0.29) is 40.4 Å². The summed E-state index contributed by atoms with van der Waals surface area (Å²) in [7, 11) is 2.77. The van der Waals surface area contributed by atoms with Gasteiger partial charge in [-0.15, -0.1) is 0 Å². The Hall–Kier alpha value is -5.60. The highest BCUT2D eigenvalue weighted by Gasteiger charge is 2.34. The van der Waals surface area contributed by atoms with Gasteiger partial charge in [0, 0.05) is 14.1 Å². The molecule has 0 bridgehead atoms. The molecule has 4 rings (SSSR count). The number of hydrogen-bond acceptors (Lipinski definition) is 8. The molecule has 1 aromatic heterocycles. The molecular formula is C27H24N6O8. The maximum Gasteiger partial charge on any atom is 0.335 e. The lowest BCUT2D eigenvalue weighted by Gasteiger charge is -2.11. The Bertz CT molecular complexity index is 1660. The molecule has 1 aliphatic heterocycles. The quantitative estimate of drug-likeness (QED) is 0.147. The maximum absolute atomic E-state index is 13.3. The van der Waals surface area contributed by atoms with Crippen molar-refractivity contribution in [2.24, 2.45) is 5.10 Å². The summed E-state index contributed by atoms with van der Waals surface area (Å²) in [5.41, 5.74) is 0.371. The number of H-pyrrole nitrogens is 1. The van der Waals surface area contributed by atoms with E-state index in [1.165, 1.54) is 56.6 Å². The van der Waals surface area contributed by atoms with Crippen molar-refractivity contribution in [2.75, 3.05) is 19.1 Å². The van der Waals surface area contributed by atoms with Crippen molar-refractivity contribution in [1.82, 2.24) is 20.4 Å². The first-order valence-corrected chi connectivity index (χ1v) is 12.0. The minimum Gasteiger partial charge on any atom is -0.478 e. The number of aromatic amines is 1. The van der Waals surface area contributed by atoms with Crippen molar-refractivity contribution in [3.63, 3.8) is 0 Å². The molecule has 0 unspecified atom stereocenters. The molecule has 0 radical (unpaired) electrons. The largest absolute Gasteiger partial charge is 0.478 e. The van der Waals surface area contributed by atoms with Crippen LogP contribution in [-0.4, -0.2) is 63.6 Å². The average molecular weight is 561 g/mol. The number of aromatic nitrogens is 2. The summed E-state index contributed by atoms with van der Waals surface area (Å²) >= 11 is 0. The van der Waals surface area contributed by atoms with Gasteiger partial charge in [-0.1, -0.05) is 18.2 Å². The number of aromatic carboxylic acids is 1. The van der Waals surface area contributed by atoms with Crippen molar-refractivity contribution in [1.29, 1.82) is 0 Å². The summed E-state index contributed by atoms with van der Waals surface area (Å²) in [5.74, 6) is -3.02. The van der Waals surface area contributed by atoms with E-state index in [0.717, 1.165) is 9.69 Å². The second-order valence-corrected chi connectivity index (χ2v) is 8.50. The Morgan fingerprint density at radius 3 is 2.20 bits per heavy atom. The van der Waals surface area contributed by atoms with Crippen LogP contribution in [0.3, 0.4) is 0 Å². The van der Waals surface area contributed by atoms with Crippen molar-refractivity contribution in [2.45, 2.75) is 6.61 Å². The molecule has 3 aromatic rings. The average Bonchev–Trinajstić information content (AvgIpc) is 3.49. The summed E-state index contributed by atoms with van der Waals surface area (Å²) in [6.45, 7) is -0.0445. The van der Waals surface area contributed by atoms with Crippen LogP contribution in [0, 0.1) is 0 Å². The standard InChI is InChI=1S/C27H24N6O8/c1-28-23(34)21-19(25(36)32(30-21)17-10-6-15(7-11-17)14-41-40)4-3-5-20-22(24(35)29-2)31-33(26(20)37)18-12-8-16(9-13-18)27(38)39/h3-13,30,40H,14H2,1-2H3,(H,28,34)(H,29,35)(H,38,39). The van der Waals surface area contributed by atoms with Crippen LogP contribution in [0.5, 0.6) is 0 Å². The van der Waals surface area contributed by atoms with Crippen LogP contribution in [0.1, 0.15) is 32.0 Å². The van der Waals surface area contributed by atoms with E-state index in [9.17, 15) is 24.0 Å². The number of carboxylic acid groups (broad SMARTS) is 1. The molecule has 0 atom stereocenters. The van der Waals surface area contributed by atoms with Crippen LogP contribution in [0.2, 0.25) is 0 Å². The molecule has 0 fully saturated rings. The number of anilines is 1. The molecule has 2 heterocycles. The topological polar surface area (TPSA) is 195 Å². The third kappa shape index (κ3) is 5.73. The molecule has 0 saturated heterocycles. The van der Waals surface area contributed by atoms with Crippen LogP contribution >= 0.6 is 0 Å². The first-order chi connectivity index (χ1) is 19.7. The number of carbonyl (C=O) groups is 4. The molecule has 1 aliphatic rings. The maximum atomic E-state index is 13.3. The fraction of sp³-hybridized carbons (Fsp3) is 0.111. The molecule has 0 aliphatic carbocycles. The van der Waals surface area contributed by atoms with Gasteiger partial charge in [-0.25, -0.2) is 14.4 Å². The predicted molar refractivity (Wildman–Crippen MR) is 147 cm³/mol. The van der Waals surface area contributed by atoms with Crippen molar-refractivity contribution < 1.29 is 34.4 Å². The third-order valence-corrected chi connectivity index (χ3v) is 6.01. The van der Waals surface area contributed by atoms with E-state index in [0.29, 0.717) is 11.3 Å². The number of rotatable bonds is 9. The van der Waals surface area contributed by atoms with E-state index < -0.39 is 29.3 Å². The van der Waals surface area contributed by atoms with Crippen molar-refractivity contribution >= 4 is 41.2 Å². The van der Waals surface area contributed by atoms with Gasteiger partial charge in [-0.05, 0) is 54.1 Å². The number of allylic oxidation sites excluding steroid dienone is 2. The second kappa shape index (κ2) is 12.1. The Morgan fingerprint density at radius 1 is 0.976 bits per heavy atom. The highest BCUT2D eigenvalue weighted by Crippen LogP contribution is 2.24. The molecule has 14 nitrogen and oxygen atoms in total. The molecular weight excluding hydrogens is 536 g/mol. The van der Waals surface area contributed by atoms with Gasteiger partial charge < -0.3 is 15.7 Å². The Balaban J connectivity index is 1.70. The van der Waals surface area contributed by atoms with Gasteiger partial charge in [0.2, 0.25) is 0 Å². The summed E-state index contributed by atoms with van der Waals surface area (Å²) in [4.78, 5) is 66.7. The molecule has 5 N–H and O–H groups in total. The summed E-state index contributed by atoms with van der Waals surface area (Å²) in [6.07, 6.45) is 3.95. The smallest absolute Gasteiger partial charge is 0.335 e. The fourth-order valence-corrected chi connectivity index (χ4v) is 3.91. The minimum atomic E-state index is -1.14. The van der Waals surface area contributed by atoms with Crippen LogP contribution in [0.25, 0.3) is 11.8 Å². The number of nitrogens with zero attached hydrogens (tertiary/aromatic N) is 3. The molecule has 210 valence electrons. The molecule has 41 heavy (non-hydrogen) atoms. The Morgan fingerprint density at radius 2 is 1.61 bits per heavy atom. The number of nitrogens with one attached hydrogen (secondary N) is 3. The van der Waals surface area contributed by atoms with Gasteiger partial charge in [0.05, 0.1) is 28.1 Å². The zero-order chi connectivity index (χ0) is 29.7. The first-order valence-electron chi connectivity index (χ1n) is 12.0. The lowest BCUT2D eigenvalue weighted by atomic mass is 10.1. The van der Waals surface area contributed by atoms with Gasteiger partial charge in [0.25, 0.3) is 23.3 Å². The predicted octanol–water partition coefficient (Wildman–Crippen LogP) is 1.30. The van der Waals surface area contributed by atoms with E-state index in [1.807, 2.05) is 0 Å². The molecule has 2 aromatic carbocycles. The summed E-state index contributed by atoms with van der Waals surface area (Å²) in [5, 5.41) is 30.4. The third-order valence-electron chi connectivity index (χ3n) is 6.01. The zero-order valence-electron chi connectivity index (χ0n) is 21.7. The number of hydrazone groups is 1. The van der Waals surface area contributed by atoms with Crippen LogP contribution in [0.15, 0.2) is 76.2 Å². The number of hydrogen-bond donors (Lipinski definition) is 5. The van der Waals surface area contributed by atoms with E-state index in [2.05, 4.69) is 25.7 Å².